The Labute approximate surface area is 133 Å². The number of amides is 2. The minimum absolute atomic E-state index is 0.361. The van der Waals surface area contributed by atoms with Crippen molar-refractivity contribution < 1.29 is 18.7 Å². The molecule has 0 bridgehead atoms. The number of hydrogen-bond donors (Lipinski definition) is 2. The summed E-state index contributed by atoms with van der Waals surface area (Å²) in [6, 6.07) is 10.7. The number of rotatable bonds is 4. The van der Waals surface area contributed by atoms with Gasteiger partial charge in [0.2, 0.25) is 0 Å². The first-order chi connectivity index (χ1) is 11.0. The zero-order chi connectivity index (χ0) is 16.4. The van der Waals surface area contributed by atoms with Gasteiger partial charge in [-0.05, 0) is 38.1 Å². The fraction of sp³-hybridized carbons (Fsp3) is 0.294. The maximum atomic E-state index is 12.4. The Morgan fingerprint density at radius 2 is 2.04 bits per heavy atom. The number of benzene rings is 1. The second-order valence-corrected chi connectivity index (χ2v) is 5.60. The molecule has 0 fully saturated rings. The molecule has 1 aromatic carbocycles. The molecule has 1 atom stereocenters. The van der Waals surface area contributed by atoms with Gasteiger partial charge >= 0.3 is 0 Å². The zero-order valence-electron chi connectivity index (χ0n) is 13.0. The minimum atomic E-state index is -1.59. The van der Waals surface area contributed by atoms with E-state index in [0.29, 0.717) is 24.4 Å². The average Bonchev–Trinajstić information content (AvgIpc) is 2.93. The topological polar surface area (TPSA) is 80.6 Å². The van der Waals surface area contributed by atoms with Gasteiger partial charge in [-0.15, -0.1) is 0 Å². The quantitative estimate of drug-likeness (QED) is 0.846. The van der Waals surface area contributed by atoms with E-state index in [2.05, 4.69) is 10.6 Å². The first-order valence-corrected chi connectivity index (χ1v) is 7.42. The first kappa shape index (κ1) is 15.1. The maximum absolute atomic E-state index is 12.4. The molecule has 0 radical (unpaired) electrons. The summed E-state index contributed by atoms with van der Waals surface area (Å²) in [4.78, 5) is 24.6. The first-order valence-electron chi connectivity index (χ1n) is 7.42. The van der Waals surface area contributed by atoms with Crippen molar-refractivity contribution in [3.63, 3.8) is 0 Å². The normalized spacial score (nSPS) is 19.5. The molecule has 0 spiro atoms. The van der Waals surface area contributed by atoms with Crippen molar-refractivity contribution in [2.45, 2.75) is 25.9 Å². The van der Waals surface area contributed by atoms with Crippen molar-refractivity contribution in [1.29, 1.82) is 0 Å². The number of carbonyl (C=O) groups excluding carboxylic acids is 2. The van der Waals surface area contributed by atoms with Crippen molar-refractivity contribution in [3.8, 4) is 5.75 Å². The summed E-state index contributed by atoms with van der Waals surface area (Å²) in [7, 11) is 0. The summed E-state index contributed by atoms with van der Waals surface area (Å²) in [6.07, 6.45) is 0.549. The predicted octanol–water partition coefficient (Wildman–Crippen LogP) is 2.04. The number of anilines is 1. The number of carbonyl (C=O) groups is 2. The van der Waals surface area contributed by atoms with Crippen LogP contribution in [0.2, 0.25) is 0 Å². The van der Waals surface area contributed by atoms with Crippen LogP contribution in [-0.2, 0) is 16.0 Å². The molecule has 0 saturated heterocycles. The second kappa shape index (κ2) is 5.79. The fourth-order valence-electron chi connectivity index (χ4n) is 2.40. The van der Waals surface area contributed by atoms with Crippen LogP contribution < -0.4 is 15.4 Å². The van der Waals surface area contributed by atoms with Gasteiger partial charge in [0, 0.05) is 13.0 Å². The summed E-state index contributed by atoms with van der Waals surface area (Å²) < 4.78 is 11.1. The van der Waals surface area contributed by atoms with Gasteiger partial charge in [0.1, 0.15) is 17.3 Å². The molecule has 3 rings (SSSR count). The summed E-state index contributed by atoms with van der Waals surface area (Å²) >= 11 is 0. The zero-order valence-corrected chi connectivity index (χ0v) is 13.0. The van der Waals surface area contributed by atoms with Crippen LogP contribution in [-0.4, -0.2) is 24.0 Å². The van der Waals surface area contributed by atoms with E-state index < -0.39 is 17.4 Å². The van der Waals surface area contributed by atoms with Gasteiger partial charge in [0.25, 0.3) is 17.4 Å². The minimum Gasteiger partial charge on any atom is -0.466 e. The molecular formula is C17H18N2O4. The van der Waals surface area contributed by atoms with Crippen LogP contribution in [0.15, 0.2) is 40.8 Å². The molecule has 23 heavy (non-hydrogen) atoms. The molecule has 6 nitrogen and oxygen atoms in total. The van der Waals surface area contributed by atoms with Gasteiger partial charge in [-0.1, -0.05) is 12.1 Å². The van der Waals surface area contributed by atoms with Crippen molar-refractivity contribution in [1.82, 2.24) is 5.32 Å². The lowest BCUT2D eigenvalue weighted by Gasteiger charge is -2.33. The SMILES string of the molecule is Cc1ccc(CCNC(=O)C2(C)Oc3ccccc3NC2=O)o1. The van der Waals surface area contributed by atoms with Gasteiger partial charge in [0.05, 0.1) is 5.69 Å². The maximum Gasteiger partial charge on any atom is 0.278 e. The number of ether oxygens (including phenoxy) is 1. The third kappa shape index (κ3) is 2.92. The highest BCUT2D eigenvalue weighted by Crippen LogP contribution is 2.33. The molecule has 1 aliphatic heterocycles. The third-order valence-corrected chi connectivity index (χ3v) is 3.77. The number of aryl methyl sites for hydroxylation is 1. The molecule has 2 amide bonds. The predicted molar refractivity (Wildman–Crippen MR) is 84.3 cm³/mol. The van der Waals surface area contributed by atoms with Crippen LogP contribution in [0, 0.1) is 6.92 Å². The largest absolute Gasteiger partial charge is 0.466 e. The monoisotopic (exact) mass is 314 g/mol. The van der Waals surface area contributed by atoms with Crippen LogP contribution in [0.1, 0.15) is 18.4 Å². The second-order valence-electron chi connectivity index (χ2n) is 5.60. The molecule has 1 aromatic heterocycles. The average molecular weight is 314 g/mol. The van der Waals surface area contributed by atoms with Crippen LogP contribution in [0.25, 0.3) is 0 Å². The highest BCUT2D eigenvalue weighted by molar-refractivity contribution is 6.15. The van der Waals surface area contributed by atoms with Gasteiger partial charge in [-0.3, -0.25) is 9.59 Å². The molecule has 2 aromatic rings. The number of para-hydroxylation sites is 2. The molecule has 6 heteroatoms. The Kier molecular flexibility index (Phi) is 3.82. The van der Waals surface area contributed by atoms with E-state index in [1.165, 1.54) is 6.92 Å². The lowest BCUT2D eigenvalue weighted by atomic mass is 10.0. The summed E-state index contributed by atoms with van der Waals surface area (Å²) in [5.41, 5.74) is -1.03. The van der Waals surface area contributed by atoms with Crippen LogP contribution in [0.5, 0.6) is 5.75 Å². The highest BCUT2D eigenvalue weighted by atomic mass is 16.5. The molecule has 0 aliphatic carbocycles. The Morgan fingerprint density at radius 3 is 2.78 bits per heavy atom. The van der Waals surface area contributed by atoms with Gasteiger partial charge < -0.3 is 19.8 Å². The van der Waals surface area contributed by atoms with Crippen molar-refractivity contribution in [2.75, 3.05) is 11.9 Å². The van der Waals surface area contributed by atoms with E-state index in [1.807, 2.05) is 19.1 Å². The van der Waals surface area contributed by atoms with Gasteiger partial charge in [-0.25, -0.2) is 0 Å². The Hall–Kier alpha value is -2.76. The standard InChI is InChI=1S/C17H18N2O4/c1-11-7-8-12(22-11)9-10-18-15(20)17(2)16(21)19-13-5-3-4-6-14(13)23-17/h3-8H,9-10H2,1-2H3,(H,18,20)(H,19,21). The van der Waals surface area contributed by atoms with E-state index >= 15 is 0 Å². The van der Waals surface area contributed by atoms with Crippen LogP contribution in [0.3, 0.4) is 0 Å². The number of nitrogens with one attached hydrogen (secondary N) is 2. The number of furan rings is 1. The smallest absolute Gasteiger partial charge is 0.278 e. The number of fused-ring (bicyclic) bond motifs is 1. The molecular weight excluding hydrogens is 296 g/mol. The van der Waals surface area contributed by atoms with Crippen molar-refractivity contribution in [3.05, 3.63) is 47.9 Å². The fourth-order valence-corrected chi connectivity index (χ4v) is 2.40. The molecule has 120 valence electrons. The van der Waals surface area contributed by atoms with Gasteiger partial charge in [0.15, 0.2) is 0 Å². The molecule has 0 saturated carbocycles. The highest BCUT2D eigenvalue weighted by Gasteiger charge is 2.46. The van der Waals surface area contributed by atoms with E-state index in [9.17, 15) is 9.59 Å². The van der Waals surface area contributed by atoms with E-state index in [4.69, 9.17) is 9.15 Å². The molecule has 2 heterocycles. The van der Waals surface area contributed by atoms with Crippen LogP contribution >= 0.6 is 0 Å². The van der Waals surface area contributed by atoms with Crippen molar-refractivity contribution >= 4 is 17.5 Å². The summed E-state index contributed by atoms with van der Waals surface area (Å²) in [5.74, 6) is 1.12. The summed E-state index contributed by atoms with van der Waals surface area (Å²) in [6.45, 7) is 3.69. The van der Waals surface area contributed by atoms with E-state index in [0.717, 1.165) is 11.5 Å². The van der Waals surface area contributed by atoms with Crippen molar-refractivity contribution in [2.24, 2.45) is 0 Å². The Morgan fingerprint density at radius 1 is 1.26 bits per heavy atom. The van der Waals surface area contributed by atoms with Gasteiger partial charge in [-0.2, -0.15) is 0 Å². The lowest BCUT2D eigenvalue weighted by molar-refractivity contribution is -0.146. The Balaban J connectivity index is 1.65. The van der Waals surface area contributed by atoms with E-state index in [1.54, 1.807) is 24.3 Å². The van der Waals surface area contributed by atoms with E-state index in [-0.39, 0.29) is 0 Å². The third-order valence-electron chi connectivity index (χ3n) is 3.77. The lowest BCUT2D eigenvalue weighted by Crippen LogP contribution is -2.58. The summed E-state index contributed by atoms with van der Waals surface area (Å²) in [5, 5.41) is 5.43. The number of hydrogen-bond acceptors (Lipinski definition) is 4. The molecule has 1 unspecified atom stereocenters. The Bertz CT molecular complexity index is 753. The van der Waals surface area contributed by atoms with Crippen LogP contribution in [0.4, 0.5) is 5.69 Å². The molecule has 2 N–H and O–H groups in total. The molecule has 1 aliphatic rings.